The fourth-order valence-electron chi connectivity index (χ4n) is 4.51. The Morgan fingerprint density at radius 2 is 1.77 bits per heavy atom. The van der Waals surface area contributed by atoms with Gasteiger partial charge in [-0.05, 0) is 24.6 Å². The van der Waals surface area contributed by atoms with Crippen molar-refractivity contribution in [2.75, 3.05) is 6.61 Å². The van der Waals surface area contributed by atoms with Gasteiger partial charge in [0.1, 0.15) is 6.10 Å². The van der Waals surface area contributed by atoms with Gasteiger partial charge in [0.25, 0.3) is 5.56 Å². The van der Waals surface area contributed by atoms with Crippen LogP contribution in [0.3, 0.4) is 0 Å². The van der Waals surface area contributed by atoms with Crippen molar-refractivity contribution in [3.05, 3.63) is 90.7 Å². The molecule has 0 spiro atoms. The van der Waals surface area contributed by atoms with Gasteiger partial charge in [-0.2, -0.15) is 0 Å². The average molecular weight is 480 g/mol. The van der Waals surface area contributed by atoms with E-state index >= 15 is 0 Å². The van der Waals surface area contributed by atoms with Crippen LogP contribution in [0.1, 0.15) is 22.9 Å². The molecule has 31 heavy (non-hydrogen) atoms. The van der Waals surface area contributed by atoms with Crippen molar-refractivity contribution < 1.29 is 4.74 Å². The molecule has 1 aliphatic rings. The number of halogens is 1. The fraction of sp³-hybridized carbons (Fsp3) is 0.250. The zero-order valence-electron chi connectivity index (χ0n) is 17.6. The first kappa shape index (κ1) is 20.0. The standard InChI is InChI=1S/C24H22BrN3O3/c1-14-7-9-15(10-8-14)22-21-20-18(23(29)27(3)24(30)26(20)2)19(28(21)11-12-31-22)16-5-4-6-17(25)13-16/h4-10,13,22H,11-12H2,1-3H3. The zero-order chi connectivity index (χ0) is 21.9. The number of ether oxygens (including phenoxy) is 1. The highest BCUT2D eigenvalue weighted by molar-refractivity contribution is 9.10. The highest BCUT2D eigenvalue weighted by Crippen LogP contribution is 2.40. The van der Waals surface area contributed by atoms with Gasteiger partial charge in [0.05, 0.1) is 28.9 Å². The summed E-state index contributed by atoms with van der Waals surface area (Å²) >= 11 is 3.55. The van der Waals surface area contributed by atoms with Crippen LogP contribution in [0.4, 0.5) is 0 Å². The van der Waals surface area contributed by atoms with Gasteiger partial charge in [0.2, 0.25) is 0 Å². The first-order valence-electron chi connectivity index (χ1n) is 10.1. The lowest BCUT2D eigenvalue weighted by atomic mass is 10.0. The molecule has 7 heteroatoms. The third kappa shape index (κ3) is 3.03. The SMILES string of the molecule is Cc1ccc(C2OCCn3c(-c4cccc(Br)c4)c4c(=O)n(C)c(=O)n(C)c4c32)cc1. The number of hydrogen-bond acceptors (Lipinski definition) is 3. The van der Waals surface area contributed by atoms with E-state index in [0.717, 1.165) is 32.6 Å². The molecule has 0 aliphatic carbocycles. The summed E-state index contributed by atoms with van der Waals surface area (Å²) < 4.78 is 12.1. The van der Waals surface area contributed by atoms with Crippen LogP contribution in [0.25, 0.3) is 22.2 Å². The Morgan fingerprint density at radius 1 is 1.03 bits per heavy atom. The molecule has 5 rings (SSSR count). The molecule has 0 bridgehead atoms. The normalized spacial score (nSPS) is 15.9. The van der Waals surface area contributed by atoms with Crippen molar-refractivity contribution in [1.29, 1.82) is 0 Å². The maximum Gasteiger partial charge on any atom is 0.331 e. The maximum atomic E-state index is 13.4. The second-order valence-corrected chi connectivity index (χ2v) is 8.90. The summed E-state index contributed by atoms with van der Waals surface area (Å²) in [6.07, 6.45) is -0.365. The lowest BCUT2D eigenvalue weighted by molar-refractivity contribution is 0.0478. The molecule has 158 valence electrons. The van der Waals surface area contributed by atoms with Gasteiger partial charge < -0.3 is 9.30 Å². The predicted octanol–water partition coefficient (Wildman–Crippen LogP) is 3.90. The van der Waals surface area contributed by atoms with Crippen LogP contribution >= 0.6 is 15.9 Å². The van der Waals surface area contributed by atoms with Crippen molar-refractivity contribution in [3.63, 3.8) is 0 Å². The molecule has 1 atom stereocenters. The monoisotopic (exact) mass is 479 g/mol. The summed E-state index contributed by atoms with van der Waals surface area (Å²) in [5, 5.41) is 0.542. The van der Waals surface area contributed by atoms with Gasteiger partial charge in [0.15, 0.2) is 0 Å². The molecule has 1 aliphatic heterocycles. The fourth-order valence-corrected chi connectivity index (χ4v) is 4.91. The van der Waals surface area contributed by atoms with Crippen molar-refractivity contribution in [3.8, 4) is 11.3 Å². The number of rotatable bonds is 2. The van der Waals surface area contributed by atoms with Crippen LogP contribution in [-0.4, -0.2) is 20.3 Å². The molecule has 4 aromatic rings. The van der Waals surface area contributed by atoms with E-state index in [2.05, 4.69) is 32.6 Å². The summed E-state index contributed by atoms with van der Waals surface area (Å²) in [5.74, 6) is 0. The molecule has 0 saturated heterocycles. The van der Waals surface area contributed by atoms with E-state index in [4.69, 9.17) is 4.74 Å². The van der Waals surface area contributed by atoms with Gasteiger partial charge in [-0.15, -0.1) is 0 Å². The highest BCUT2D eigenvalue weighted by atomic mass is 79.9. The Bertz CT molecular complexity index is 1440. The molecule has 2 aromatic carbocycles. The molecule has 0 fully saturated rings. The molecule has 1 unspecified atom stereocenters. The van der Waals surface area contributed by atoms with Crippen LogP contribution in [0.2, 0.25) is 0 Å². The Kier molecular flexibility index (Phi) is 4.75. The van der Waals surface area contributed by atoms with Gasteiger partial charge in [-0.25, -0.2) is 4.79 Å². The van der Waals surface area contributed by atoms with Gasteiger partial charge in [-0.1, -0.05) is 57.9 Å². The third-order valence-electron chi connectivity index (χ3n) is 6.03. The van der Waals surface area contributed by atoms with Crippen LogP contribution in [0, 0.1) is 6.92 Å². The Morgan fingerprint density at radius 3 is 2.48 bits per heavy atom. The molecule has 2 aromatic heterocycles. The molecule has 0 N–H and O–H groups in total. The number of nitrogens with zero attached hydrogens (tertiary/aromatic N) is 3. The van der Waals surface area contributed by atoms with Crippen molar-refractivity contribution in [1.82, 2.24) is 13.7 Å². The largest absolute Gasteiger partial charge is 0.365 e. The molecule has 0 saturated carbocycles. The van der Waals surface area contributed by atoms with Crippen LogP contribution in [-0.2, 0) is 25.4 Å². The lowest BCUT2D eigenvalue weighted by Gasteiger charge is -2.28. The Hall–Kier alpha value is -2.90. The Balaban J connectivity index is 1.94. The molecular weight excluding hydrogens is 458 g/mol. The number of fused-ring (bicyclic) bond motifs is 3. The first-order chi connectivity index (χ1) is 14.9. The molecule has 0 radical (unpaired) electrons. The summed E-state index contributed by atoms with van der Waals surface area (Å²) in [5.41, 5.74) is 4.74. The van der Waals surface area contributed by atoms with E-state index in [1.54, 1.807) is 11.6 Å². The average Bonchev–Trinajstić information content (AvgIpc) is 3.12. The van der Waals surface area contributed by atoms with Gasteiger partial charge in [-0.3, -0.25) is 13.9 Å². The smallest absolute Gasteiger partial charge is 0.331 e. The van der Waals surface area contributed by atoms with Crippen molar-refractivity contribution in [2.45, 2.75) is 19.6 Å². The number of benzene rings is 2. The first-order valence-corrected chi connectivity index (χ1v) is 10.9. The second-order valence-electron chi connectivity index (χ2n) is 7.99. The number of aromatic nitrogens is 3. The minimum atomic E-state index is -0.365. The summed E-state index contributed by atoms with van der Waals surface area (Å²) in [6, 6.07) is 16.1. The van der Waals surface area contributed by atoms with E-state index in [9.17, 15) is 9.59 Å². The van der Waals surface area contributed by atoms with E-state index in [0.29, 0.717) is 24.1 Å². The van der Waals surface area contributed by atoms with E-state index in [1.807, 2.05) is 43.3 Å². The van der Waals surface area contributed by atoms with Crippen LogP contribution in [0.5, 0.6) is 0 Å². The topological polar surface area (TPSA) is 58.2 Å². The number of hydrogen-bond donors (Lipinski definition) is 0. The van der Waals surface area contributed by atoms with Crippen molar-refractivity contribution >= 4 is 26.8 Å². The minimum Gasteiger partial charge on any atom is -0.365 e. The number of aryl methyl sites for hydroxylation is 2. The zero-order valence-corrected chi connectivity index (χ0v) is 19.1. The lowest BCUT2D eigenvalue weighted by Crippen LogP contribution is -2.37. The summed E-state index contributed by atoms with van der Waals surface area (Å²) in [6.45, 7) is 3.16. The van der Waals surface area contributed by atoms with E-state index in [1.165, 1.54) is 11.6 Å². The predicted molar refractivity (Wildman–Crippen MR) is 125 cm³/mol. The quantitative estimate of drug-likeness (QED) is 0.438. The van der Waals surface area contributed by atoms with E-state index < -0.39 is 0 Å². The molecule has 3 heterocycles. The molecule has 0 amide bonds. The van der Waals surface area contributed by atoms with Crippen LogP contribution in [0.15, 0.2) is 62.6 Å². The third-order valence-corrected chi connectivity index (χ3v) is 6.52. The van der Waals surface area contributed by atoms with E-state index in [-0.39, 0.29) is 17.4 Å². The second kappa shape index (κ2) is 7.35. The molecular formula is C24H22BrN3O3. The molecule has 6 nitrogen and oxygen atoms in total. The summed E-state index contributed by atoms with van der Waals surface area (Å²) in [7, 11) is 3.25. The van der Waals surface area contributed by atoms with Crippen molar-refractivity contribution in [2.24, 2.45) is 14.1 Å². The van der Waals surface area contributed by atoms with Gasteiger partial charge in [0, 0.05) is 30.7 Å². The summed E-state index contributed by atoms with van der Waals surface area (Å²) in [4.78, 5) is 26.2. The minimum absolute atomic E-state index is 0.294. The maximum absolute atomic E-state index is 13.4. The van der Waals surface area contributed by atoms with Gasteiger partial charge >= 0.3 is 5.69 Å². The highest BCUT2D eigenvalue weighted by Gasteiger charge is 2.33. The van der Waals surface area contributed by atoms with Crippen LogP contribution < -0.4 is 11.2 Å². The Labute approximate surface area is 187 Å².